The van der Waals surface area contributed by atoms with Gasteiger partial charge in [-0.05, 0) is 18.6 Å². The van der Waals surface area contributed by atoms with Gasteiger partial charge in [0.2, 0.25) is 5.89 Å². The van der Waals surface area contributed by atoms with Crippen molar-refractivity contribution in [2.45, 2.75) is 19.4 Å². The molecular formula is C11H11ClFN3O. The molecule has 0 spiro atoms. The smallest absolute Gasteiger partial charge is 0.243 e. The molecule has 2 N–H and O–H groups in total. The molecule has 0 aliphatic carbocycles. The summed E-state index contributed by atoms with van der Waals surface area (Å²) in [5.41, 5.74) is 6.01. The number of nitrogens with zero attached hydrogens (tertiary/aromatic N) is 2. The molecule has 2 aromatic rings. The molecule has 4 nitrogen and oxygen atoms in total. The average molecular weight is 256 g/mol. The van der Waals surface area contributed by atoms with Crippen LogP contribution in [0.5, 0.6) is 0 Å². The Morgan fingerprint density at radius 1 is 1.53 bits per heavy atom. The normalized spacial score (nSPS) is 12.7. The number of benzene rings is 1. The summed E-state index contributed by atoms with van der Waals surface area (Å²) < 4.78 is 18.5. The zero-order valence-corrected chi connectivity index (χ0v) is 9.91. The van der Waals surface area contributed by atoms with E-state index in [1.165, 1.54) is 6.07 Å². The van der Waals surface area contributed by atoms with E-state index in [-0.39, 0.29) is 17.5 Å². The van der Waals surface area contributed by atoms with Gasteiger partial charge in [-0.15, -0.1) is 0 Å². The Hall–Kier alpha value is -1.46. The van der Waals surface area contributed by atoms with Crippen molar-refractivity contribution in [2.75, 3.05) is 0 Å². The molecule has 6 heteroatoms. The monoisotopic (exact) mass is 255 g/mol. The lowest BCUT2D eigenvalue weighted by atomic mass is 10.1. The molecule has 1 aromatic carbocycles. The van der Waals surface area contributed by atoms with Gasteiger partial charge in [0.1, 0.15) is 5.82 Å². The van der Waals surface area contributed by atoms with Crippen molar-refractivity contribution < 1.29 is 8.91 Å². The fourth-order valence-electron chi connectivity index (χ4n) is 1.38. The Kier molecular flexibility index (Phi) is 3.40. The Labute approximate surface area is 103 Å². The van der Waals surface area contributed by atoms with Gasteiger partial charge in [0, 0.05) is 6.42 Å². The Bertz CT molecular complexity index is 527. The van der Waals surface area contributed by atoms with E-state index in [0.717, 1.165) is 0 Å². The Morgan fingerprint density at radius 2 is 2.29 bits per heavy atom. The second kappa shape index (κ2) is 4.81. The maximum atomic E-state index is 13.6. The summed E-state index contributed by atoms with van der Waals surface area (Å²) in [6, 6.07) is 4.46. The number of hydrogen-bond acceptors (Lipinski definition) is 4. The lowest BCUT2D eigenvalue weighted by molar-refractivity contribution is 0.357. The van der Waals surface area contributed by atoms with Crippen LogP contribution in [0.15, 0.2) is 22.7 Å². The number of rotatable bonds is 3. The first-order chi connectivity index (χ1) is 8.08. The van der Waals surface area contributed by atoms with E-state index in [2.05, 4.69) is 10.1 Å². The summed E-state index contributed by atoms with van der Waals surface area (Å²) in [7, 11) is 0. The third-order valence-electron chi connectivity index (χ3n) is 2.25. The topological polar surface area (TPSA) is 64.9 Å². The van der Waals surface area contributed by atoms with Crippen molar-refractivity contribution in [3.8, 4) is 0 Å². The van der Waals surface area contributed by atoms with Gasteiger partial charge in [-0.3, -0.25) is 0 Å². The predicted molar refractivity (Wildman–Crippen MR) is 61.1 cm³/mol. The Balaban J connectivity index is 2.22. The van der Waals surface area contributed by atoms with Gasteiger partial charge in [-0.2, -0.15) is 4.98 Å². The van der Waals surface area contributed by atoms with E-state index < -0.39 is 5.82 Å². The van der Waals surface area contributed by atoms with Gasteiger partial charge in [0.25, 0.3) is 0 Å². The standard InChI is InChI=1S/C11H11ClFN3O/c1-6(14)11-15-9(16-17-11)5-7-3-2-4-8(12)10(7)13/h2-4,6H,5,14H2,1H3/t6-/m1/s1. The van der Waals surface area contributed by atoms with E-state index >= 15 is 0 Å². The molecule has 1 heterocycles. The summed E-state index contributed by atoms with van der Waals surface area (Å²) in [5, 5.41) is 3.81. The summed E-state index contributed by atoms with van der Waals surface area (Å²) in [5.74, 6) is 0.266. The number of aromatic nitrogens is 2. The summed E-state index contributed by atoms with van der Waals surface area (Å²) in [6.07, 6.45) is 0.225. The van der Waals surface area contributed by atoms with Gasteiger partial charge < -0.3 is 10.3 Å². The summed E-state index contributed by atoms with van der Waals surface area (Å²) >= 11 is 5.68. The highest BCUT2D eigenvalue weighted by Crippen LogP contribution is 2.20. The minimum atomic E-state index is -0.457. The fourth-order valence-corrected chi connectivity index (χ4v) is 1.57. The third-order valence-corrected chi connectivity index (χ3v) is 2.55. The lowest BCUT2D eigenvalue weighted by Crippen LogP contribution is -2.05. The summed E-state index contributed by atoms with van der Waals surface area (Å²) in [4.78, 5) is 4.06. The number of nitrogens with two attached hydrogens (primary N) is 1. The fraction of sp³-hybridized carbons (Fsp3) is 0.273. The molecule has 0 saturated carbocycles. The molecule has 0 unspecified atom stereocenters. The van der Waals surface area contributed by atoms with Gasteiger partial charge in [0.15, 0.2) is 5.82 Å². The van der Waals surface area contributed by atoms with Gasteiger partial charge >= 0.3 is 0 Å². The predicted octanol–water partition coefficient (Wildman–Crippen LogP) is 2.47. The van der Waals surface area contributed by atoms with E-state index in [4.69, 9.17) is 21.9 Å². The molecule has 17 heavy (non-hydrogen) atoms. The molecule has 0 fully saturated rings. The first kappa shape index (κ1) is 12.0. The van der Waals surface area contributed by atoms with Gasteiger partial charge in [-0.1, -0.05) is 28.9 Å². The van der Waals surface area contributed by atoms with Crippen LogP contribution in [0.4, 0.5) is 4.39 Å². The average Bonchev–Trinajstić information content (AvgIpc) is 2.73. The zero-order valence-electron chi connectivity index (χ0n) is 9.15. The van der Waals surface area contributed by atoms with Crippen molar-refractivity contribution in [3.05, 3.63) is 46.3 Å². The molecule has 1 aromatic heterocycles. The van der Waals surface area contributed by atoms with Crippen molar-refractivity contribution in [1.82, 2.24) is 10.1 Å². The quantitative estimate of drug-likeness (QED) is 0.915. The molecule has 0 saturated heterocycles. The third kappa shape index (κ3) is 2.62. The zero-order chi connectivity index (χ0) is 12.4. The Morgan fingerprint density at radius 3 is 2.94 bits per heavy atom. The highest BCUT2D eigenvalue weighted by molar-refractivity contribution is 6.30. The minimum absolute atomic E-state index is 0.0819. The minimum Gasteiger partial charge on any atom is -0.338 e. The van der Waals surface area contributed by atoms with Crippen LogP contribution in [0.3, 0.4) is 0 Å². The molecular weight excluding hydrogens is 245 g/mol. The first-order valence-corrected chi connectivity index (χ1v) is 5.46. The van der Waals surface area contributed by atoms with Crippen molar-refractivity contribution in [1.29, 1.82) is 0 Å². The SMILES string of the molecule is C[C@@H](N)c1nc(Cc2cccc(Cl)c2F)no1. The second-order valence-electron chi connectivity index (χ2n) is 3.73. The van der Waals surface area contributed by atoms with Crippen LogP contribution in [0.2, 0.25) is 5.02 Å². The van der Waals surface area contributed by atoms with E-state index in [1.54, 1.807) is 19.1 Å². The molecule has 2 rings (SSSR count). The molecule has 90 valence electrons. The van der Waals surface area contributed by atoms with Gasteiger partial charge in [0.05, 0.1) is 11.1 Å². The molecule has 1 atom stereocenters. The maximum absolute atomic E-state index is 13.6. The maximum Gasteiger partial charge on any atom is 0.243 e. The molecule has 0 radical (unpaired) electrons. The van der Waals surface area contributed by atoms with Crippen LogP contribution < -0.4 is 5.73 Å². The highest BCUT2D eigenvalue weighted by atomic mass is 35.5. The van der Waals surface area contributed by atoms with E-state index in [1.807, 2.05) is 0 Å². The van der Waals surface area contributed by atoms with Gasteiger partial charge in [-0.25, -0.2) is 4.39 Å². The molecule has 0 aliphatic heterocycles. The van der Waals surface area contributed by atoms with Crippen molar-refractivity contribution in [3.63, 3.8) is 0 Å². The number of halogens is 2. The van der Waals surface area contributed by atoms with Crippen LogP contribution in [0.25, 0.3) is 0 Å². The highest BCUT2D eigenvalue weighted by Gasteiger charge is 2.13. The molecule has 0 amide bonds. The van der Waals surface area contributed by atoms with Crippen LogP contribution >= 0.6 is 11.6 Å². The van der Waals surface area contributed by atoms with Crippen LogP contribution in [-0.4, -0.2) is 10.1 Å². The summed E-state index contributed by atoms with van der Waals surface area (Å²) in [6.45, 7) is 1.73. The van der Waals surface area contributed by atoms with Crippen molar-refractivity contribution in [2.24, 2.45) is 5.73 Å². The van der Waals surface area contributed by atoms with Crippen LogP contribution in [0.1, 0.15) is 30.2 Å². The lowest BCUT2D eigenvalue weighted by Gasteiger charge is -2.00. The first-order valence-electron chi connectivity index (χ1n) is 5.09. The second-order valence-corrected chi connectivity index (χ2v) is 4.13. The number of hydrogen-bond donors (Lipinski definition) is 1. The van der Waals surface area contributed by atoms with Crippen molar-refractivity contribution >= 4 is 11.6 Å². The van der Waals surface area contributed by atoms with Crippen LogP contribution in [0, 0.1) is 5.82 Å². The van der Waals surface area contributed by atoms with Crippen LogP contribution in [-0.2, 0) is 6.42 Å². The molecule has 0 aliphatic rings. The molecule has 0 bridgehead atoms. The largest absolute Gasteiger partial charge is 0.338 e. The van der Waals surface area contributed by atoms with E-state index in [0.29, 0.717) is 17.3 Å². The van der Waals surface area contributed by atoms with E-state index in [9.17, 15) is 4.39 Å².